The maximum Gasteiger partial charge on any atom is 0.274 e. The number of nitrogens with one attached hydrogen (secondary N) is 1. The molecule has 6 heteroatoms. The average molecular weight is 267 g/mol. The zero-order valence-electron chi connectivity index (χ0n) is 11.1. The molecule has 1 aromatic rings. The summed E-state index contributed by atoms with van der Waals surface area (Å²) in [6.45, 7) is 6.16. The van der Waals surface area contributed by atoms with Gasteiger partial charge < -0.3 is 5.32 Å². The fourth-order valence-electron chi connectivity index (χ4n) is 2.67. The summed E-state index contributed by atoms with van der Waals surface area (Å²) in [5.41, 5.74) is 0.423. The molecule has 1 fully saturated rings. The highest BCUT2D eigenvalue weighted by Gasteiger charge is 2.23. The monoisotopic (exact) mass is 267 g/mol. The van der Waals surface area contributed by atoms with Crippen LogP contribution in [0, 0.1) is 15.9 Å². The van der Waals surface area contributed by atoms with E-state index in [1.165, 1.54) is 12.1 Å². The third-order valence-electron chi connectivity index (χ3n) is 3.27. The Kier molecular flexibility index (Phi) is 4.11. The van der Waals surface area contributed by atoms with Crippen molar-refractivity contribution in [1.82, 2.24) is 10.2 Å². The van der Waals surface area contributed by atoms with Crippen molar-refractivity contribution >= 4 is 5.69 Å². The van der Waals surface area contributed by atoms with Gasteiger partial charge in [0, 0.05) is 43.3 Å². The van der Waals surface area contributed by atoms with Crippen LogP contribution in [0.3, 0.4) is 0 Å². The van der Waals surface area contributed by atoms with E-state index in [9.17, 15) is 14.5 Å². The van der Waals surface area contributed by atoms with Crippen LogP contribution in [0.2, 0.25) is 0 Å². The molecule has 0 bridgehead atoms. The molecule has 1 N–H and O–H groups in total. The van der Waals surface area contributed by atoms with Gasteiger partial charge in [0.25, 0.3) is 5.69 Å². The Morgan fingerprint density at radius 2 is 2.05 bits per heavy atom. The van der Waals surface area contributed by atoms with Crippen molar-refractivity contribution in [2.75, 3.05) is 13.1 Å². The predicted molar refractivity (Wildman–Crippen MR) is 70.4 cm³/mol. The molecule has 104 valence electrons. The summed E-state index contributed by atoms with van der Waals surface area (Å²) in [7, 11) is 0. The Balaban J connectivity index is 2.18. The number of benzene rings is 1. The molecule has 5 nitrogen and oxygen atoms in total. The fourth-order valence-corrected chi connectivity index (χ4v) is 2.67. The highest BCUT2D eigenvalue weighted by molar-refractivity contribution is 5.40. The lowest BCUT2D eigenvalue weighted by atomic mass is 10.1. The second kappa shape index (κ2) is 5.63. The summed E-state index contributed by atoms with van der Waals surface area (Å²) >= 11 is 0. The standard InChI is InChI=1S/C13H18FN3O2/c1-9-6-16(7-10(2)15-9)8-11-5-12(14)3-4-13(11)17(18)19/h3-5,9-10,15H,6-8H2,1-2H3. The first-order valence-corrected chi connectivity index (χ1v) is 6.37. The minimum absolute atomic E-state index is 0.0137. The molecule has 1 saturated heterocycles. The van der Waals surface area contributed by atoms with Gasteiger partial charge in [-0.25, -0.2) is 4.39 Å². The number of nitrogens with zero attached hydrogens (tertiary/aromatic N) is 2. The van der Waals surface area contributed by atoms with E-state index in [0.29, 0.717) is 24.2 Å². The number of piperazine rings is 1. The van der Waals surface area contributed by atoms with Crippen LogP contribution in [-0.4, -0.2) is 35.0 Å². The van der Waals surface area contributed by atoms with E-state index < -0.39 is 10.7 Å². The molecule has 1 heterocycles. The van der Waals surface area contributed by atoms with E-state index in [0.717, 1.165) is 19.2 Å². The summed E-state index contributed by atoms with van der Waals surface area (Å²) in [5.74, 6) is -0.433. The van der Waals surface area contributed by atoms with Gasteiger partial charge in [-0.3, -0.25) is 15.0 Å². The van der Waals surface area contributed by atoms with E-state index in [-0.39, 0.29) is 5.69 Å². The van der Waals surface area contributed by atoms with Crippen molar-refractivity contribution in [3.05, 3.63) is 39.7 Å². The minimum atomic E-state index is -0.455. The predicted octanol–water partition coefficient (Wildman–Crippen LogP) is 1.92. The van der Waals surface area contributed by atoms with E-state index in [1.54, 1.807) is 0 Å². The molecule has 0 spiro atoms. The quantitative estimate of drug-likeness (QED) is 0.671. The molecule has 2 atom stereocenters. The van der Waals surface area contributed by atoms with Crippen LogP contribution in [-0.2, 0) is 6.54 Å². The zero-order chi connectivity index (χ0) is 14.0. The van der Waals surface area contributed by atoms with E-state index in [4.69, 9.17) is 0 Å². The molecule has 2 unspecified atom stereocenters. The number of nitro groups is 1. The smallest absolute Gasteiger partial charge is 0.274 e. The van der Waals surface area contributed by atoms with Crippen LogP contribution >= 0.6 is 0 Å². The molecule has 0 saturated carbocycles. The van der Waals surface area contributed by atoms with Crippen LogP contribution in [0.5, 0.6) is 0 Å². The first kappa shape index (κ1) is 13.9. The van der Waals surface area contributed by atoms with E-state index in [2.05, 4.69) is 24.1 Å². The molecule has 0 aromatic heterocycles. The fraction of sp³-hybridized carbons (Fsp3) is 0.538. The van der Waals surface area contributed by atoms with E-state index in [1.807, 2.05) is 0 Å². The second-order valence-electron chi connectivity index (χ2n) is 5.19. The first-order valence-electron chi connectivity index (χ1n) is 6.37. The Morgan fingerprint density at radius 1 is 1.42 bits per heavy atom. The summed E-state index contributed by atoms with van der Waals surface area (Å²) in [4.78, 5) is 12.6. The van der Waals surface area contributed by atoms with Gasteiger partial charge >= 0.3 is 0 Å². The third kappa shape index (κ3) is 3.48. The van der Waals surface area contributed by atoms with Crippen molar-refractivity contribution in [3.8, 4) is 0 Å². The molecule has 19 heavy (non-hydrogen) atoms. The molecule has 0 radical (unpaired) electrons. The van der Waals surface area contributed by atoms with Crippen molar-refractivity contribution in [3.63, 3.8) is 0 Å². The third-order valence-corrected chi connectivity index (χ3v) is 3.27. The molecule has 0 amide bonds. The summed E-state index contributed by atoms with van der Waals surface area (Å²) in [5, 5.41) is 14.3. The summed E-state index contributed by atoms with van der Waals surface area (Å²) in [6.07, 6.45) is 0. The van der Waals surface area contributed by atoms with Gasteiger partial charge in [0.2, 0.25) is 0 Å². The lowest BCUT2D eigenvalue weighted by Crippen LogP contribution is -2.53. The van der Waals surface area contributed by atoms with Gasteiger partial charge in [-0.05, 0) is 26.0 Å². The SMILES string of the molecule is CC1CN(Cc2cc(F)ccc2[N+](=O)[O-])CC(C)N1. The van der Waals surface area contributed by atoms with Gasteiger partial charge in [0.05, 0.1) is 4.92 Å². The number of hydrogen-bond donors (Lipinski definition) is 1. The lowest BCUT2D eigenvalue weighted by Gasteiger charge is -2.36. The molecule has 0 aliphatic carbocycles. The van der Waals surface area contributed by atoms with Crippen LogP contribution in [0.15, 0.2) is 18.2 Å². The van der Waals surface area contributed by atoms with Gasteiger partial charge in [0.1, 0.15) is 5.82 Å². The Bertz CT molecular complexity index is 471. The van der Waals surface area contributed by atoms with Gasteiger partial charge in [-0.15, -0.1) is 0 Å². The van der Waals surface area contributed by atoms with Crippen molar-refractivity contribution in [2.24, 2.45) is 0 Å². The maximum atomic E-state index is 13.3. The van der Waals surface area contributed by atoms with Crippen LogP contribution < -0.4 is 5.32 Å². The van der Waals surface area contributed by atoms with Crippen LogP contribution in [0.1, 0.15) is 19.4 Å². The van der Waals surface area contributed by atoms with Gasteiger partial charge in [-0.1, -0.05) is 0 Å². The average Bonchev–Trinajstić information content (AvgIpc) is 2.26. The highest BCUT2D eigenvalue weighted by Crippen LogP contribution is 2.22. The van der Waals surface area contributed by atoms with Crippen molar-refractivity contribution < 1.29 is 9.31 Å². The normalized spacial score (nSPS) is 24.4. The molecule has 2 rings (SSSR count). The molecule has 1 aliphatic rings. The summed E-state index contributed by atoms with van der Waals surface area (Å²) in [6, 6.07) is 4.28. The Morgan fingerprint density at radius 3 is 2.63 bits per heavy atom. The number of nitro benzene ring substituents is 1. The Labute approximate surface area is 111 Å². The molecule has 1 aromatic carbocycles. The molecular weight excluding hydrogens is 249 g/mol. The summed E-state index contributed by atoms with van der Waals surface area (Å²) < 4.78 is 13.3. The highest BCUT2D eigenvalue weighted by atomic mass is 19.1. The largest absolute Gasteiger partial charge is 0.309 e. The van der Waals surface area contributed by atoms with E-state index >= 15 is 0 Å². The second-order valence-corrected chi connectivity index (χ2v) is 5.19. The Hall–Kier alpha value is -1.53. The number of halogens is 1. The van der Waals surface area contributed by atoms with Crippen LogP contribution in [0.4, 0.5) is 10.1 Å². The number of hydrogen-bond acceptors (Lipinski definition) is 4. The zero-order valence-corrected chi connectivity index (χ0v) is 11.1. The number of rotatable bonds is 3. The van der Waals surface area contributed by atoms with Crippen molar-refractivity contribution in [1.29, 1.82) is 0 Å². The molecule has 1 aliphatic heterocycles. The van der Waals surface area contributed by atoms with Gasteiger partial charge in [-0.2, -0.15) is 0 Å². The van der Waals surface area contributed by atoms with Crippen molar-refractivity contribution in [2.45, 2.75) is 32.5 Å². The first-order chi connectivity index (χ1) is 8.95. The maximum absolute atomic E-state index is 13.3. The topological polar surface area (TPSA) is 58.4 Å². The molecular formula is C13H18FN3O2. The van der Waals surface area contributed by atoms with Crippen LogP contribution in [0.25, 0.3) is 0 Å². The lowest BCUT2D eigenvalue weighted by molar-refractivity contribution is -0.385. The minimum Gasteiger partial charge on any atom is -0.309 e. The van der Waals surface area contributed by atoms with Gasteiger partial charge in [0.15, 0.2) is 0 Å².